The lowest BCUT2D eigenvalue weighted by Gasteiger charge is -2.23. The maximum Gasteiger partial charge on any atom is 0.339 e. The summed E-state index contributed by atoms with van der Waals surface area (Å²) in [5.41, 5.74) is 0.582. The molecule has 1 N–H and O–H groups in total. The Hall–Kier alpha value is -1.62. The van der Waals surface area contributed by atoms with Crippen LogP contribution in [-0.2, 0) is 4.74 Å². The average Bonchev–Trinajstić information content (AvgIpc) is 2.59. The van der Waals surface area contributed by atoms with Crippen molar-refractivity contribution in [1.82, 2.24) is 4.98 Å². The van der Waals surface area contributed by atoms with Crippen LogP contribution in [-0.4, -0.2) is 41.9 Å². The molecule has 1 aliphatic heterocycles. The molecule has 1 atom stereocenters. The molecule has 5 nitrogen and oxygen atoms in total. The molecular formula is C15H22N2O3. The summed E-state index contributed by atoms with van der Waals surface area (Å²) in [6, 6.07) is 3.60. The number of esters is 1. The van der Waals surface area contributed by atoms with E-state index >= 15 is 0 Å². The number of aryl methyl sites for hydroxylation is 1. The second-order valence-corrected chi connectivity index (χ2v) is 5.63. The van der Waals surface area contributed by atoms with Crippen LogP contribution in [0.5, 0.6) is 0 Å². The molecule has 110 valence electrons. The van der Waals surface area contributed by atoms with Crippen LogP contribution in [0.4, 0.5) is 5.82 Å². The predicted octanol–water partition coefficient (Wildman–Crippen LogP) is 1.92. The van der Waals surface area contributed by atoms with Gasteiger partial charge in [0.1, 0.15) is 5.82 Å². The summed E-state index contributed by atoms with van der Waals surface area (Å²) in [6.45, 7) is 5.34. The molecule has 1 aliphatic rings. The Kier molecular flexibility index (Phi) is 4.28. The van der Waals surface area contributed by atoms with Crippen molar-refractivity contribution in [2.75, 3.05) is 25.1 Å². The highest BCUT2D eigenvalue weighted by Crippen LogP contribution is 2.25. The molecule has 1 fully saturated rings. The van der Waals surface area contributed by atoms with Gasteiger partial charge in [-0.2, -0.15) is 0 Å². The van der Waals surface area contributed by atoms with Crippen molar-refractivity contribution in [3.05, 3.63) is 23.4 Å². The minimum atomic E-state index is -0.588. The fourth-order valence-electron chi connectivity index (χ4n) is 2.54. The summed E-state index contributed by atoms with van der Waals surface area (Å²) in [5.74, 6) is 0.494. The summed E-state index contributed by atoms with van der Waals surface area (Å²) in [4.78, 5) is 18.2. The third-order valence-corrected chi connectivity index (χ3v) is 3.86. The SMILES string of the molecule is COC(=O)c1ccc(N2CCCC(C)(O)CC2)nc1C. The lowest BCUT2D eigenvalue weighted by molar-refractivity contribution is 0.0481. The molecular weight excluding hydrogens is 256 g/mol. The molecule has 1 unspecified atom stereocenters. The molecule has 0 saturated carbocycles. The highest BCUT2D eigenvalue weighted by atomic mass is 16.5. The Morgan fingerprint density at radius 3 is 2.80 bits per heavy atom. The van der Waals surface area contributed by atoms with Crippen LogP contribution < -0.4 is 4.90 Å². The van der Waals surface area contributed by atoms with Crippen molar-refractivity contribution in [3.8, 4) is 0 Å². The number of pyridine rings is 1. The van der Waals surface area contributed by atoms with E-state index in [4.69, 9.17) is 4.74 Å². The fourth-order valence-corrected chi connectivity index (χ4v) is 2.54. The molecule has 2 rings (SSSR count). The van der Waals surface area contributed by atoms with Gasteiger partial charge in [-0.3, -0.25) is 0 Å². The fraction of sp³-hybridized carbons (Fsp3) is 0.600. The number of rotatable bonds is 2. The number of ether oxygens (including phenoxy) is 1. The van der Waals surface area contributed by atoms with Crippen LogP contribution in [0.3, 0.4) is 0 Å². The zero-order chi connectivity index (χ0) is 14.8. The first kappa shape index (κ1) is 14.8. The number of carbonyl (C=O) groups is 1. The van der Waals surface area contributed by atoms with Crippen molar-refractivity contribution in [1.29, 1.82) is 0 Å². The number of methoxy groups -OCH3 is 1. The Labute approximate surface area is 119 Å². The second-order valence-electron chi connectivity index (χ2n) is 5.63. The van der Waals surface area contributed by atoms with Crippen molar-refractivity contribution in [2.24, 2.45) is 0 Å². The van der Waals surface area contributed by atoms with E-state index in [-0.39, 0.29) is 5.97 Å². The van der Waals surface area contributed by atoms with E-state index in [1.807, 2.05) is 19.9 Å². The van der Waals surface area contributed by atoms with Crippen LogP contribution in [0.1, 0.15) is 42.2 Å². The van der Waals surface area contributed by atoms with Gasteiger partial charge in [0, 0.05) is 13.1 Å². The van der Waals surface area contributed by atoms with E-state index in [1.54, 1.807) is 6.07 Å². The summed E-state index contributed by atoms with van der Waals surface area (Å²) in [7, 11) is 1.37. The largest absolute Gasteiger partial charge is 0.465 e. The molecule has 1 aromatic heterocycles. The summed E-state index contributed by atoms with van der Waals surface area (Å²) >= 11 is 0. The molecule has 0 aromatic carbocycles. The zero-order valence-corrected chi connectivity index (χ0v) is 12.3. The van der Waals surface area contributed by atoms with Gasteiger partial charge in [0.05, 0.1) is 24.0 Å². The number of nitrogens with zero attached hydrogens (tertiary/aromatic N) is 2. The van der Waals surface area contributed by atoms with E-state index in [0.717, 1.165) is 38.2 Å². The van der Waals surface area contributed by atoms with Gasteiger partial charge in [0.2, 0.25) is 0 Å². The Balaban J connectivity index is 2.17. The van der Waals surface area contributed by atoms with Gasteiger partial charge in [0.25, 0.3) is 0 Å². The first-order valence-corrected chi connectivity index (χ1v) is 6.96. The third-order valence-electron chi connectivity index (χ3n) is 3.86. The van der Waals surface area contributed by atoms with Gasteiger partial charge in [0.15, 0.2) is 0 Å². The van der Waals surface area contributed by atoms with Crippen LogP contribution in [0.15, 0.2) is 12.1 Å². The maximum atomic E-state index is 11.6. The second kappa shape index (κ2) is 5.79. The lowest BCUT2D eigenvalue weighted by atomic mass is 9.98. The first-order valence-electron chi connectivity index (χ1n) is 6.96. The summed E-state index contributed by atoms with van der Waals surface area (Å²) in [5, 5.41) is 10.1. The minimum absolute atomic E-state index is 0.361. The van der Waals surface area contributed by atoms with Crippen molar-refractivity contribution < 1.29 is 14.6 Å². The highest BCUT2D eigenvalue weighted by molar-refractivity contribution is 5.90. The Morgan fingerprint density at radius 2 is 2.15 bits per heavy atom. The normalized spacial score (nSPS) is 23.3. The zero-order valence-electron chi connectivity index (χ0n) is 12.3. The van der Waals surface area contributed by atoms with E-state index < -0.39 is 5.60 Å². The van der Waals surface area contributed by atoms with Crippen molar-refractivity contribution >= 4 is 11.8 Å². The molecule has 0 amide bonds. The van der Waals surface area contributed by atoms with Crippen molar-refractivity contribution in [2.45, 2.75) is 38.7 Å². The number of anilines is 1. The molecule has 0 aliphatic carbocycles. The number of hydrogen-bond acceptors (Lipinski definition) is 5. The number of aliphatic hydroxyl groups is 1. The van der Waals surface area contributed by atoms with E-state index in [0.29, 0.717) is 11.3 Å². The first-order chi connectivity index (χ1) is 9.43. The molecule has 0 spiro atoms. The number of carbonyl (C=O) groups excluding carboxylic acids is 1. The van der Waals surface area contributed by atoms with E-state index in [9.17, 15) is 9.90 Å². The molecule has 0 bridgehead atoms. The van der Waals surface area contributed by atoms with Crippen LogP contribution >= 0.6 is 0 Å². The van der Waals surface area contributed by atoms with Gasteiger partial charge in [-0.25, -0.2) is 9.78 Å². The predicted molar refractivity (Wildman–Crippen MR) is 77.0 cm³/mol. The van der Waals surface area contributed by atoms with E-state index in [2.05, 4.69) is 9.88 Å². The van der Waals surface area contributed by atoms with Crippen LogP contribution in [0.2, 0.25) is 0 Å². The van der Waals surface area contributed by atoms with Gasteiger partial charge in [-0.1, -0.05) is 0 Å². The highest BCUT2D eigenvalue weighted by Gasteiger charge is 2.25. The van der Waals surface area contributed by atoms with Gasteiger partial charge < -0.3 is 14.7 Å². The quantitative estimate of drug-likeness (QED) is 0.837. The molecule has 1 saturated heterocycles. The van der Waals surface area contributed by atoms with Crippen molar-refractivity contribution in [3.63, 3.8) is 0 Å². The minimum Gasteiger partial charge on any atom is -0.465 e. The maximum absolute atomic E-state index is 11.6. The standard InChI is InChI=1S/C15H22N2O3/c1-11-12(14(18)20-3)5-6-13(16-11)17-9-4-7-15(2,19)8-10-17/h5-6,19H,4,7-10H2,1-3H3. The summed E-state index contributed by atoms with van der Waals surface area (Å²) in [6.07, 6.45) is 2.47. The van der Waals surface area contributed by atoms with Crippen LogP contribution in [0, 0.1) is 6.92 Å². The Bertz CT molecular complexity index is 500. The van der Waals surface area contributed by atoms with Gasteiger partial charge in [-0.15, -0.1) is 0 Å². The topological polar surface area (TPSA) is 62.7 Å². The smallest absolute Gasteiger partial charge is 0.339 e. The molecule has 2 heterocycles. The Morgan fingerprint density at radius 1 is 1.40 bits per heavy atom. The molecule has 20 heavy (non-hydrogen) atoms. The average molecular weight is 278 g/mol. The number of hydrogen-bond donors (Lipinski definition) is 1. The third kappa shape index (κ3) is 3.28. The number of aromatic nitrogens is 1. The molecule has 0 radical (unpaired) electrons. The summed E-state index contributed by atoms with van der Waals surface area (Å²) < 4.78 is 4.72. The molecule has 1 aromatic rings. The van der Waals surface area contributed by atoms with Gasteiger partial charge in [-0.05, 0) is 45.2 Å². The van der Waals surface area contributed by atoms with E-state index in [1.165, 1.54) is 7.11 Å². The van der Waals surface area contributed by atoms with Gasteiger partial charge >= 0.3 is 5.97 Å². The monoisotopic (exact) mass is 278 g/mol. The lowest BCUT2D eigenvalue weighted by Crippen LogP contribution is -2.29. The molecule has 5 heteroatoms. The van der Waals surface area contributed by atoms with Crippen LogP contribution in [0.25, 0.3) is 0 Å².